The molecule has 1 N–H and O–H groups in total. The van der Waals surface area contributed by atoms with Crippen molar-refractivity contribution in [1.29, 1.82) is 0 Å². The van der Waals surface area contributed by atoms with Crippen LogP contribution in [-0.4, -0.2) is 40.2 Å². The Morgan fingerprint density at radius 3 is 2.68 bits per heavy atom. The van der Waals surface area contributed by atoms with Crippen LogP contribution in [0.3, 0.4) is 0 Å². The molecule has 3 rings (SSSR count). The molecule has 1 amide bonds. The van der Waals surface area contributed by atoms with Gasteiger partial charge in [-0.05, 0) is 44.9 Å². The van der Waals surface area contributed by atoms with Gasteiger partial charge in [0, 0.05) is 18.2 Å². The zero-order valence-corrected chi connectivity index (χ0v) is 15.3. The minimum atomic E-state index is -0.0394. The number of methoxy groups -OCH3 is 1. The Morgan fingerprint density at radius 2 is 2.04 bits per heavy atom. The van der Waals surface area contributed by atoms with Crippen LogP contribution < -0.4 is 9.47 Å². The molecule has 1 aromatic carbocycles. The maximum Gasteiger partial charge on any atom is 0.274 e. The summed E-state index contributed by atoms with van der Waals surface area (Å²) >= 11 is 6.16. The van der Waals surface area contributed by atoms with E-state index in [0.717, 1.165) is 18.5 Å². The van der Waals surface area contributed by atoms with E-state index in [4.69, 9.17) is 21.1 Å². The first-order chi connectivity index (χ1) is 12.0. The van der Waals surface area contributed by atoms with Gasteiger partial charge in [0.25, 0.3) is 5.91 Å². The number of aromatic nitrogens is 2. The highest BCUT2D eigenvalue weighted by molar-refractivity contribution is 6.32. The van der Waals surface area contributed by atoms with Crippen LogP contribution in [0, 0.1) is 0 Å². The fraction of sp³-hybridized carbons (Fsp3) is 0.444. The van der Waals surface area contributed by atoms with Gasteiger partial charge in [0.1, 0.15) is 18.1 Å². The van der Waals surface area contributed by atoms with Gasteiger partial charge in [-0.2, -0.15) is 5.10 Å². The van der Waals surface area contributed by atoms with Crippen LogP contribution in [0.1, 0.15) is 42.9 Å². The molecular formula is C18H22ClN3O3. The summed E-state index contributed by atoms with van der Waals surface area (Å²) in [5.74, 6) is 1.18. The minimum absolute atomic E-state index is 0.0394. The van der Waals surface area contributed by atoms with Crippen LogP contribution in [0.15, 0.2) is 24.3 Å². The van der Waals surface area contributed by atoms with E-state index in [-0.39, 0.29) is 24.6 Å². The van der Waals surface area contributed by atoms with Gasteiger partial charge < -0.3 is 14.4 Å². The highest BCUT2D eigenvalue weighted by atomic mass is 35.5. The molecule has 2 atom stereocenters. The molecule has 0 unspecified atom stereocenters. The largest absolute Gasteiger partial charge is 0.497 e. The van der Waals surface area contributed by atoms with Crippen LogP contribution in [0.2, 0.25) is 5.02 Å². The molecule has 1 fully saturated rings. The Labute approximate surface area is 152 Å². The highest BCUT2D eigenvalue weighted by Gasteiger charge is 2.33. The molecule has 6 nitrogen and oxygen atoms in total. The summed E-state index contributed by atoms with van der Waals surface area (Å²) in [6, 6.07) is 7.44. The summed E-state index contributed by atoms with van der Waals surface area (Å²) in [6.07, 6.45) is 2.06. The third kappa shape index (κ3) is 3.74. The predicted octanol–water partition coefficient (Wildman–Crippen LogP) is 3.66. The predicted molar refractivity (Wildman–Crippen MR) is 95.3 cm³/mol. The fourth-order valence-corrected chi connectivity index (χ4v) is 3.38. The van der Waals surface area contributed by atoms with E-state index in [0.29, 0.717) is 22.2 Å². The van der Waals surface area contributed by atoms with Crippen molar-refractivity contribution in [3.63, 3.8) is 0 Å². The number of amides is 1. The van der Waals surface area contributed by atoms with E-state index in [1.807, 2.05) is 4.90 Å². The van der Waals surface area contributed by atoms with Crippen molar-refractivity contribution in [2.45, 2.75) is 45.4 Å². The standard InChI is InChI=1S/C18H22ClN3O3/c1-11-4-5-12(2)22(11)18(23)16-8-13(20-21-16)10-25-17-7-6-14(24-3)9-15(17)19/h6-9,11-12H,4-5,10H2,1-3H3,(H,20,21)/t11-,12-/m1/s1. The molecule has 25 heavy (non-hydrogen) atoms. The number of hydrogen-bond acceptors (Lipinski definition) is 4. The quantitative estimate of drug-likeness (QED) is 0.880. The molecule has 1 aliphatic rings. The van der Waals surface area contributed by atoms with E-state index in [1.165, 1.54) is 0 Å². The third-order valence-corrected chi connectivity index (χ3v) is 4.85. The average Bonchev–Trinajstić information content (AvgIpc) is 3.20. The first kappa shape index (κ1) is 17.6. The number of aromatic amines is 1. The number of nitrogens with one attached hydrogen (secondary N) is 1. The van der Waals surface area contributed by atoms with Crippen molar-refractivity contribution in [3.8, 4) is 11.5 Å². The maximum absolute atomic E-state index is 12.6. The van der Waals surface area contributed by atoms with E-state index in [9.17, 15) is 4.79 Å². The van der Waals surface area contributed by atoms with E-state index < -0.39 is 0 Å². The number of rotatable bonds is 5. The molecule has 1 aromatic heterocycles. The van der Waals surface area contributed by atoms with Gasteiger partial charge in [-0.1, -0.05) is 11.6 Å². The fourth-order valence-electron chi connectivity index (χ4n) is 3.15. The van der Waals surface area contributed by atoms with Crippen molar-refractivity contribution in [3.05, 3.63) is 40.7 Å². The zero-order chi connectivity index (χ0) is 18.0. The SMILES string of the molecule is COc1ccc(OCc2cc(C(=O)N3[C@H](C)CC[C@H]3C)n[nH]2)c(Cl)c1. The Kier molecular flexibility index (Phi) is 5.18. The van der Waals surface area contributed by atoms with Gasteiger partial charge in [-0.25, -0.2) is 0 Å². The molecule has 1 saturated heterocycles. The number of benzene rings is 1. The van der Waals surface area contributed by atoms with Crippen LogP contribution in [0.25, 0.3) is 0 Å². The Bertz CT molecular complexity index is 752. The lowest BCUT2D eigenvalue weighted by atomic mass is 10.2. The summed E-state index contributed by atoms with van der Waals surface area (Å²) in [7, 11) is 1.58. The smallest absolute Gasteiger partial charge is 0.274 e. The van der Waals surface area contributed by atoms with E-state index >= 15 is 0 Å². The lowest BCUT2D eigenvalue weighted by Gasteiger charge is -2.25. The number of hydrogen-bond donors (Lipinski definition) is 1. The molecular weight excluding hydrogens is 342 g/mol. The average molecular weight is 364 g/mol. The van der Waals surface area contributed by atoms with E-state index in [1.54, 1.807) is 31.4 Å². The lowest BCUT2D eigenvalue weighted by Crippen LogP contribution is -2.38. The molecule has 0 bridgehead atoms. The van der Waals surface area contributed by atoms with Crippen LogP contribution >= 0.6 is 11.6 Å². The number of carbonyl (C=O) groups is 1. The topological polar surface area (TPSA) is 67.5 Å². The van der Waals surface area contributed by atoms with Gasteiger partial charge in [-0.3, -0.25) is 9.89 Å². The first-order valence-electron chi connectivity index (χ1n) is 8.33. The van der Waals surface area contributed by atoms with Gasteiger partial charge in [0.2, 0.25) is 0 Å². The number of halogens is 1. The Hall–Kier alpha value is -2.21. The van der Waals surface area contributed by atoms with Crippen molar-refractivity contribution in [2.75, 3.05) is 7.11 Å². The molecule has 2 aromatic rings. The van der Waals surface area contributed by atoms with Crippen molar-refractivity contribution >= 4 is 17.5 Å². The molecule has 2 heterocycles. The summed E-state index contributed by atoms with van der Waals surface area (Å²) in [5, 5.41) is 7.47. The summed E-state index contributed by atoms with van der Waals surface area (Å²) in [5.41, 5.74) is 1.13. The second kappa shape index (κ2) is 7.35. The van der Waals surface area contributed by atoms with Gasteiger partial charge in [-0.15, -0.1) is 0 Å². The molecule has 0 radical (unpaired) electrons. The number of likely N-dealkylation sites (tertiary alicyclic amines) is 1. The monoisotopic (exact) mass is 363 g/mol. The number of ether oxygens (including phenoxy) is 2. The summed E-state index contributed by atoms with van der Waals surface area (Å²) < 4.78 is 10.8. The summed E-state index contributed by atoms with van der Waals surface area (Å²) in [6.45, 7) is 4.39. The highest BCUT2D eigenvalue weighted by Crippen LogP contribution is 2.29. The van der Waals surface area contributed by atoms with Gasteiger partial charge in [0.15, 0.2) is 5.69 Å². The van der Waals surface area contributed by atoms with Crippen molar-refractivity contribution < 1.29 is 14.3 Å². The molecule has 0 aliphatic carbocycles. The van der Waals surface area contributed by atoms with Crippen LogP contribution in [0.5, 0.6) is 11.5 Å². The van der Waals surface area contributed by atoms with Crippen molar-refractivity contribution in [2.24, 2.45) is 0 Å². The van der Waals surface area contributed by atoms with Crippen LogP contribution in [0.4, 0.5) is 0 Å². The lowest BCUT2D eigenvalue weighted by molar-refractivity contribution is 0.0686. The third-order valence-electron chi connectivity index (χ3n) is 4.56. The molecule has 7 heteroatoms. The molecule has 134 valence electrons. The Balaban J connectivity index is 1.65. The first-order valence-corrected chi connectivity index (χ1v) is 8.70. The van der Waals surface area contributed by atoms with Crippen LogP contribution in [-0.2, 0) is 6.61 Å². The number of nitrogens with zero attached hydrogens (tertiary/aromatic N) is 2. The zero-order valence-electron chi connectivity index (χ0n) is 14.6. The van der Waals surface area contributed by atoms with Gasteiger partial charge >= 0.3 is 0 Å². The molecule has 0 saturated carbocycles. The van der Waals surface area contributed by atoms with Crippen molar-refractivity contribution in [1.82, 2.24) is 15.1 Å². The normalized spacial score (nSPS) is 19.9. The molecule has 0 spiro atoms. The van der Waals surface area contributed by atoms with Gasteiger partial charge in [0.05, 0.1) is 17.8 Å². The maximum atomic E-state index is 12.6. The number of carbonyl (C=O) groups excluding carboxylic acids is 1. The second-order valence-electron chi connectivity index (χ2n) is 6.35. The summed E-state index contributed by atoms with van der Waals surface area (Å²) in [4.78, 5) is 14.6. The number of H-pyrrole nitrogens is 1. The molecule has 1 aliphatic heterocycles. The Morgan fingerprint density at radius 1 is 1.32 bits per heavy atom. The minimum Gasteiger partial charge on any atom is -0.497 e. The van der Waals surface area contributed by atoms with E-state index in [2.05, 4.69) is 24.0 Å². The second-order valence-corrected chi connectivity index (χ2v) is 6.76.